The molecule has 0 bridgehead atoms. The maximum absolute atomic E-state index is 12.8. The Hall–Kier alpha value is -0.670. The van der Waals surface area contributed by atoms with E-state index in [1.54, 1.807) is 13.8 Å². The number of carbonyl (C=O) groups excluding carboxylic acids is 1. The molecule has 0 rings (SSSR count). The summed E-state index contributed by atoms with van der Waals surface area (Å²) in [4.78, 5) is 12.2. The normalized spacial score (nSPS) is 11.4. The first-order valence-corrected chi connectivity index (χ1v) is 4.16. The molecule has 0 aliphatic heterocycles. The van der Waals surface area contributed by atoms with Crippen LogP contribution in [-0.2, 0) is 4.79 Å². The van der Waals surface area contributed by atoms with Crippen LogP contribution < -0.4 is 0 Å². The van der Waals surface area contributed by atoms with Crippen molar-refractivity contribution in [2.24, 2.45) is 0 Å². The van der Waals surface area contributed by atoms with E-state index >= 15 is 0 Å². The summed E-state index contributed by atoms with van der Waals surface area (Å²) >= 11 is 0. The van der Waals surface area contributed by atoms with Crippen molar-refractivity contribution < 1.29 is 13.6 Å². The molecule has 0 spiro atoms. The van der Waals surface area contributed by atoms with E-state index in [-0.39, 0.29) is 0 Å². The summed E-state index contributed by atoms with van der Waals surface area (Å²) in [5.41, 5.74) is 0. The number of hydrogen-bond acceptors (Lipinski definition) is 1. The van der Waals surface area contributed by atoms with E-state index in [0.717, 1.165) is 4.90 Å². The number of carbonyl (C=O) groups is 1. The Bertz CT molecular complexity index is 155. The van der Waals surface area contributed by atoms with Gasteiger partial charge in [-0.3, -0.25) is 4.79 Å². The van der Waals surface area contributed by atoms with Crippen molar-refractivity contribution in [3.63, 3.8) is 0 Å². The molecule has 0 radical (unpaired) electrons. The van der Waals surface area contributed by atoms with Crippen LogP contribution in [0.25, 0.3) is 0 Å². The van der Waals surface area contributed by atoms with Gasteiger partial charge in [-0.05, 0) is 13.8 Å². The fourth-order valence-corrected chi connectivity index (χ4v) is 0.893. The second kappa shape index (κ2) is 4.38. The van der Waals surface area contributed by atoms with Crippen molar-refractivity contribution in [2.45, 2.75) is 33.1 Å². The molecule has 2 nitrogen and oxygen atoms in total. The summed E-state index contributed by atoms with van der Waals surface area (Å²) in [5.74, 6) is -4.25. The summed E-state index contributed by atoms with van der Waals surface area (Å²) in [6, 6.07) is 0. The standard InChI is InChI=1S/C8H15F2NO/c1-4-8(9,10)7(12)11(5-2)6-3/h4-6H2,1-3H3. The molecule has 0 aromatic carbocycles. The average Bonchev–Trinajstić information content (AvgIpc) is 2.06. The van der Waals surface area contributed by atoms with Gasteiger partial charge in [-0.25, -0.2) is 0 Å². The predicted octanol–water partition coefficient (Wildman–Crippen LogP) is 1.90. The molecule has 0 fully saturated rings. The van der Waals surface area contributed by atoms with Crippen LogP contribution in [0.2, 0.25) is 0 Å². The lowest BCUT2D eigenvalue weighted by Gasteiger charge is -2.23. The van der Waals surface area contributed by atoms with Gasteiger partial charge in [-0.2, -0.15) is 8.78 Å². The van der Waals surface area contributed by atoms with Gasteiger partial charge in [-0.15, -0.1) is 0 Å². The highest BCUT2D eigenvalue weighted by Crippen LogP contribution is 2.20. The van der Waals surface area contributed by atoms with Gasteiger partial charge < -0.3 is 4.90 Å². The van der Waals surface area contributed by atoms with Crippen molar-refractivity contribution in [3.8, 4) is 0 Å². The molecule has 0 N–H and O–H groups in total. The number of halogens is 2. The zero-order valence-corrected chi connectivity index (χ0v) is 7.73. The zero-order chi connectivity index (χ0) is 9.78. The minimum Gasteiger partial charge on any atom is -0.338 e. The Morgan fingerprint density at radius 2 is 1.67 bits per heavy atom. The smallest absolute Gasteiger partial charge is 0.324 e. The van der Waals surface area contributed by atoms with Gasteiger partial charge in [-0.1, -0.05) is 6.92 Å². The van der Waals surface area contributed by atoms with Crippen LogP contribution in [0.15, 0.2) is 0 Å². The quantitative estimate of drug-likeness (QED) is 0.645. The highest BCUT2D eigenvalue weighted by atomic mass is 19.3. The molecule has 0 heterocycles. The van der Waals surface area contributed by atoms with Crippen LogP contribution in [0.1, 0.15) is 27.2 Å². The fraction of sp³-hybridized carbons (Fsp3) is 0.875. The second-order valence-corrected chi connectivity index (χ2v) is 2.54. The van der Waals surface area contributed by atoms with Crippen LogP contribution >= 0.6 is 0 Å². The van der Waals surface area contributed by atoms with Crippen LogP contribution in [0.4, 0.5) is 8.78 Å². The minimum absolute atomic E-state index is 0.338. The van der Waals surface area contributed by atoms with E-state index < -0.39 is 18.3 Å². The van der Waals surface area contributed by atoms with E-state index in [1.165, 1.54) is 6.92 Å². The molecule has 0 aliphatic carbocycles. The lowest BCUT2D eigenvalue weighted by Crippen LogP contribution is -2.42. The summed E-state index contributed by atoms with van der Waals surface area (Å²) in [5, 5.41) is 0. The fourth-order valence-electron chi connectivity index (χ4n) is 0.893. The second-order valence-electron chi connectivity index (χ2n) is 2.54. The highest BCUT2D eigenvalue weighted by Gasteiger charge is 2.38. The topological polar surface area (TPSA) is 20.3 Å². The largest absolute Gasteiger partial charge is 0.338 e. The van der Waals surface area contributed by atoms with Gasteiger partial charge in [0.05, 0.1) is 0 Å². The molecular formula is C8H15F2NO. The van der Waals surface area contributed by atoms with Crippen molar-refractivity contribution in [2.75, 3.05) is 13.1 Å². The molecule has 0 aromatic heterocycles. The molecular weight excluding hydrogens is 164 g/mol. The number of alkyl halides is 2. The van der Waals surface area contributed by atoms with Crippen molar-refractivity contribution in [1.82, 2.24) is 4.90 Å². The van der Waals surface area contributed by atoms with E-state index in [1.807, 2.05) is 0 Å². The predicted molar refractivity (Wildman–Crippen MR) is 43.2 cm³/mol. The zero-order valence-electron chi connectivity index (χ0n) is 7.73. The molecule has 4 heteroatoms. The van der Waals surface area contributed by atoms with Crippen molar-refractivity contribution in [1.29, 1.82) is 0 Å². The summed E-state index contributed by atoms with van der Waals surface area (Å²) < 4.78 is 25.6. The maximum atomic E-state index is 12.8. The molecule has 12 heavy (non-hydrogen) atoms. The first-order valence-electron chi connectivity index (χ1n) is 4.16. The maximum Gasteiger partial charge on any atom is 0.324 e. The summed E-state index contributed by atoms with van der Waals surface area (Å²) in [6.45, 7) is 5.36. The van der Waals surface area contributed by atoms with Gasteiger partial charge in [0, 0.05) is 19.5 Å². The molecule has 1 amide bonds. The molecule has 0 unspecified atom stereocenters. The first kappa shape index (κ1) is 11.3. The Labute approximate surface area is 71.5 Å². The van der Waals surface area contributed by atoms with Gasteiger partial charge in [0.2, 0.25) is 0 Å². The lowest BCUT2D eigenvalue weighted by molar-refractivity contribution is -0.157. The molecule has 0 saturated carbocycles. The van der Waals surface area contributed by atoms with Crippen LogP contribution in [0.3, 0.4) is 0 Å². The molecule has 0 atom stereocenters. The van der Waals surface area contributed by atoms with Crippen molar-refractivity contribution >= 4 is 5.91 Å². The van der Waals surface area contributed by atoms with Crippen LogP contribution in [-0.4, -0.2) is 29.8 Å². The Kier molecular flexibility index (Phi) is 4.13. The lowest BCUT2D eigenvalue weighted by atomic mass is 10.2. The minimum atomic E-state index is -3.19. The number of nitrogens with zero attached hydrogens (tertiary/aromatic N) is 1. The first-order chi connectivity index (χ1) is 5.49. The Morgan fingerprint density at radius 1 is 1.25 bits per heavy atom. The van der Waals surface area contributed by atoms with Crippen LogP contribution in [0, 0.1) is 0 Å². The molecule has 0 aromatic rings. The van der Waals surface area contributed by atoms with E-state index in [4.69, 9.17) is 0 Å². The summed E-state index contributed by atoms with van der Waals surface area (Å²) in [7, 11) is 0. The third-order valence-corrected chi connectivity index (χ3v) is 1.81. The average molecular weight is 179 g/mol. The molecule has 72 valence electrons. The van der Waals surface area contributed by atoms with E-state index in [2.05, 4.69) is 0 Å². The van der Waals surface area contributed by atoms with E-state index in [9.17, 15) is 13.6 Å². The van der Waals surface area contributed by atoms with Gasteiger partial charge in [0.15, 0.2) is 0 Å². The number of rotatable bonds is 4. The summed E-state index contributed by atoms with van der Waals surface area (Å²) in [6.07, 6.45) is -0.428. The number of hydrogen-bond donors (Lipinski definition) is 0. The Balaban J connectivity index is 4.35. The monoisotopic (exact) mass is 179 g/mol. The van der Waals surface area contributed by atoms with Gasteiger partial charge in [0.25, 0.3) is 5.91 Å². The molecule has 0 aliphatic rings. The SMILES string of the molecule is CCN(CC)C(=O)C(F)(F)CC. The van der Waals surface area contributed by atoms with Gasteiger partial charge >= 0.3 is 5.92 Å². The Morgan fingerprint density at radius 3 is 1.92 bits per heavy atom. The third-order valence-electron chi connectivity index (χ3n) is 1.81. The number of amides is 1. The third kappa shape index (κ3) is 2.43. The highest BCUT2D eigenvalue weighted by molar-refractivity contribution is 5.83. The van der Waals surface area contributed by atoms with Gasteiger partial charge in [0.1, 0.15) is 0 Å². The van der Waals surface area contributed by atoms with Crippen LogP contribution in [0.5, 0.6) is 0 Å². The van der Waals surface area contributed by atoms with Crippen molar-refractivity contribution in [3.05, 3.63) is 0 Å². The van der Waals surface area contributed by atoms with E-state index in [0.29, 0.717) is 13.1 Å². The molecule has 0 saturated heterocycles.